The monoisotopic (exact) mass is 297 g/mol. The van der Waals surface area contributed by atoms with Crippen molar-refractivity contribution in [1.29, 1.82) is 0 Å². The number of nitrogens with one attached hydrogen (secondary N) is 1. The molecule has 6 heteroatoms. The van der Waals surface area contributed by atoms with E-state index < -0.39 is 11.7 Å². The minimum absolute atomic E-state index is 0.0432. The molecule has 4 nitrogen and oxygen atoms in total. The van der Waals surface area contributed by atoms with E-state index in [0.29, 0.717) is 19.4 Å². The third kappa shape index (κ3) is 3.82. The first kappa shape index (κ1) is 14.6. The molecule has 1 amide bonds. The topological polar surface area (TPSA) is 51.5 Å². The Bertz CT molecular complexity index is 552. The highest BCUT2D eigenvalue weighted by Crippen LogP contribution is 2.18. The Morgan fingerprint density at radius 3 is 2.90 bits per heavy atom. The predicted octanol–water partition coefficient (Wildman–Crippen LogP) is 3.37. The van der Waals surface area contributed by atoms with Crippen LogP contribution in [0.1, 0.15) is 22.5 Å². The van der Waals surface area contributed by atoms with Crippen LogP contribution in [0.25, 0.3) is 0 Å². The molecule has 2 rings (SSSR count). The number of rotatable bonds is 6. The molecule has 1 aromatic heterocycles. The van der Waals surface area contributed by atoms with Gasteiger partial charge in [0.25, 0.3) is 5.91 Å². The van der Waals surface area contributed by atoms with Crippen LogP contribution in [0.2, 0.25) is 5.02 Å². The molecular formula is C14H13ClFNO3. The van der Waals surface area contributed by atoms with Crippen LogP contribution in [-0.2, 0) is 11.3 Å². The molecule has 0 fully saturated rings. The maximum atomic E-state index is 13.4. The summed E-state index contributed by atoms with van der Waals surface area (Å²) in [5, 5.41) is 0.0432. The molecule has 0 saturated carbocycles. The van der Waals surface area contributed by atoms with E-state index in [4.69, 9.17) is 20.9 Å². The first-order valence-electron chi connectivity index (χ1n) is 6.07. The Morgan fingerprint density at radius 1 is 1.35 bits per heavy atom. The Kier molecular flexibility index (Phi) is 5.15. The Labute approximate surface area is 120 Å². The zero-order valence-electron chi connectivity index (χ0n) is 10.6. The summed E-state index contributed by atoms with van der Waals surface area (Å²) >= 11 is 5.76. The number of hydroxylamine groups is 1. The lowest BCUT2D eigenvalue weighted by Crippen LogP contribution is -2.25. The molecule has 106 valence electrons. The van der Waals surface area contributed by atoms with Gasteiger partial charge in [-0.1, -0.05) is 17.7 Å². The van der Waals surface area contributed by atoms with Crippen LogP contribution < -0.4 is 5.48 Å². The Hall–Kier alpha value is -1.85. The van der Waals surface area contributed by atoms with E-state index in [1.165, 1.54) is 12.1 Å². The molecule has 2 aromatic rings. The second kappa shape index (κ2) is 7.07. The lowest BCUT2D eigenvalue weighted by atomic mass is 10.2. The number of aryl methyl sites for hydroxylation is 1. The SMILES string of the molecule is O=C(NOCCCc1ccco1)c1c(F)cccc1Cl. The van der Waals surface area contributed by atoms with Crippen LogP contribution in [0, 0.1) is 5.82 Å². The van der Waals surface area contributed by atoms with Crippen molar-refractivity contribution in [2.45, 2.75) is 12.8 Å². The summed E-state index contributed by atoms with van der Waals surface area (Å²) in [5.74, 6) is -0.544. The molecule has 0 spiro atoms. The maximum absolute atomic E-state index is 13.4. The third-order valence-electron chi connectivity index (χ3n) is 2.60. The van der Waals surface area contributed by atoms with Crippen LogP contribution in [0.3, 0.4) is 0 Å². The fourth-order valence-corrected chi connectivity index (χ4v) is 1.90. The van der Waals surface area contributed by atoms with Gasteiger partial charge in [0.05, 0.1) is 23.5 Å². The first-order chi connectivity index (χ1) is 9.68. The number of furan rings is 1. The van der Waals surface area contributed by atoms with Crippen molar-refractivity contribution in [2.24, 2.45) is 0 Å². The maximum Gasteiger partial charge on any atom is 0.279 e. The quantitative estimate of drug-likeness (QED) is 0.657. The number of carbonyl (C=O) groups is 1. The second-order valence-corrected chi connectivity index (χ2v) is 4.47. The van der Waals surface area contributed by atoms with Gasteiger partial charge in [-0.15, -0.1) is 0 Å². The van der Waals surface area contributed by atoms with E-state index in [9.17, 15) is 9.18 Å². The summed E-state index contributed by atoms with van der Waals surface area (Å²) in [5.41, 5.74) is 1.94. The molecule has 1 N–H and O–H groups in total. The Morgan fingerprint density at radius 2 is 2.20 bits per heavy atom. The molecule has 0 aliphatic carbocycles. The van der Waals surface area contributed by atoms with E-state index in [0.717, 1.165) is 11.8 Å². The summed E-state index contributed by atoms with van der Waals surface area (Å²) in [4.78, 5) is 16.7. The van der Waals surface area contributed by atoms with Gasteiger partial charge in [0.2, 0.25) is 0 Å². The summed E-state index contributed by atoms with van der Waals surface area (Å²) in [6, 6.07) is 7.70. The van der Waals surface area contributed by atoms with Gasteiger partial charge in [0.1, 0.15) is 11.6 Å². The van der Waals surface area contributed by atoms with E-state index in [2.05, 4.69) is 5.48 Å². The smallest absolute Gasteiger partial charge is 0.279 e. The number of carbonyl (C=O) groups excluding carboxylic acids is 1. The average Bonchev–Trinajstić information content (AvgIpc) is 2.91. The minimum atomic E-state index is -0.703. The largest absolute Gasteiger partial charge is 0.469 e. The van der Waals surface area contributed by atoms with Gasteiger partial charge in [0, 0.05) is 6.42 Å². The van der Waals surface area contributed by atoms with E-state index in [1.54, 1.807) is 12.3 Å². The molecular weight excluding hydrogens is 285 g/mol. The van der Waals surface area contributed by atoms with Gasteiger partial charge in [-0.05, 0) is 30.7 Å². The molecule has 0 atom stereocenters. The van der Waals surface area contributed by atoms with Gasteiger partial charge in [-0.2, -0.15) is 0 Å². The molecule has 0 unspecified atom stereocenters. The van der Waals surface area contributed by atoms with Crippen molar-refractivity contribution >= 4 is 17.5 Å². The van der Waals surface area contributed by atoms with Crippen molar-refractivity contribution in [3.05, 3.63) is 58.8 Å². The standard InChI is InChI=1S/C14H13ClFNO3/c15-11-6-1-7-12(16)13(11)14(18)17-20-9-3-5-10-4-2-8-19-10/h1-2,4,6-8H,3,5,9H2,(H,17,18). The van der Waals surface area contributed by atoms with Crippen LogP contribution in [0.4, 0.5) is 4.39 Å². The van der Waals surface area contributed by atoms with Crippen molar-refractivity contribution in [3.8, 4) is 0 Å². The predicted molar refractivity (Wildman–Crippen MR) is 71.9 cm³/mol. The highest BCUT2D eigenvalue weighted by molar-refractivity contribution is 6.33. The first-order valence-corrected chi connectivity index (χ1v) is 6.45. The van der Waals surface area contributed by atoms with Crippen molar-refractivity contribution in [3.63, 3.8) is 0 Å². The Balaban J connectivity index is 1.75. The van der Waals surface area contributed by atoms with E-state index >= 15 is 0 Å². The van der Waals surface area contributed by atoms with Gasteiger partial charge < -0.3 is 4.42 Å². The lowest BCUT2D eigenvalue weighted by Gasteiger charge is -2.07. The second-order valence-electron chi connectivity index (χ2n) is 4.06. The van der Waals surface area contributed by atoms with Gasteiger partial charge in [0.15, 0.2) is 0 Å². The number of hydrogen-bond donors (Lipinski definition) is 1. The van der Waals surface area contributed by atoms with Crippen LogP contribution >= 0.6 is 11.6 Å². The number of amides is 1. The summed E-state index contributed by atoms with van der Waals surface area (Å²) < 4.78 is 18.6. The lowest BCUT2D eigenvalue weighted by molar-refractivity contribution is 0.0298. The van der Waals surface area contributed by atoms with Crippen LogP contribution in [-0.4, -0.2) is 12.5 Å². The highest BCUT2D eigenvalue weighted by Gasteiger charge is 2.15. The number of hydrogen-bond acceptors (Lipinski definition) is 3. The normalized spacial score (nSPS) is 10.5. The fourth-order valence-electron chi connectivity index (χ4n) is 1.66. The molecule has 0 saturated heterocycles. The fraction of sp³-hybridized carbons (Fsp3) is 0.214. The van der Waals surface area contributed by atoms with Gasteiger partial charge in [-0.3, -0.25) is 9.63 Å². The third-order valence-corrected chi connectivity index (χ3v) is 2.92. The summed E-state index contributed by atoms with van der Waals surface area (Å²) in [6.45, 7) is 0.290. The van der Waals surface area contributed by atoms with Crippen molar-refractivity contribution in [2.75, 3.05) is 6.61 Å². The van der Waals surface area contributed by atoms with Gasteiger partial charge >= 0.3 is 0 Å². The molecule has 0 aliphatic rings. The van der Waals surface area contributed by atoms with Crippen molar-refractivity contribution < 1.29 is 18.4 Å². The van der Waals surface area contributed by atoms with Crippen LogP contribution in [0.15, 0.2) is 41.0 Å². The molecule has 0 bridgehead atoms. The zero-order chi connectivity index (χ0) is 14.4. The summed E-state index contributed by atoms with van der Waals surface area (Å²) in [6.07, 6.45) is 2.96. The zero-order valence-corrected chi connectivity index (χ0v) is 11.3. The van der Waals surface area contributed by atoms with Crippen LogP contribution in [0.5, 0.6) is 0 Å². The summed E-state index contributed by atoms with van der Waals surface area (Å²) in [7, 11) is 0. The van der Waals surface area contributed by atoms with E-state index in [-0.39, 0.29) is 10.6 Å². The number of halogens is 2. The van der Waals surface area contributed by atoms with Gasteiger partial charge in [-0.25, -0.2) is 9.87 Å². The average molecular weight is 298 g/mol. The van der Waals surface area contributed by atoms with E-state index in [1.807, 2.05) is 6.07 Å². The molecule has 0 radical (unpaired) electrons. The molecule has 0 aliphatic heterocycles. The number of benzene rings is 1. The molecule has 20 heavy (non-hydrogen) atoms. The molecule has 1 heterocycles. The minimum Gasteiger partial charge on any atom is -0.469 e. The highest BCUT2D eigenvalue weighted by atomic mass is 35.5. The van der Waals surface area contributed by atoms with Crippen molar-refractivity contribution in [1.82, 2.24) is 5.48 Å². The molecule has 1 aromatic carbocycles.